The van der Waals surface area contributed by atoms with E-state index in [-0.39, 0.29) is 5.78 Å². The van der Waals surface area contributed by atoms with Crippen LogP contribution in [0.5, 0.6) is 5.75 Å². The van der Waals surface area contributed by atoms with E-state index in [2.05, 4.69) is 5.32 Å². The van der Waals surface area contributed by atoms with Crippen LogP contribution in [-0.4, -0.2) is 45.0 Å². The van der Waals surface area contributed by atoms with Crippen LogP contribution in [-0.2, 0) is 4.79 Å². The molecule has 0 aliphatic rings. The van der Waals surface area contributed by atoms with Gasteiger partial charge in [0.1, 0.15) is 5.75 Å². The molecule has 0 fully saturated rings. The van der Waals surface area contributed by atoms with Crippen LogP contribution in [0.25, 0.3) is 0 Å². The summed E-state index contributed by atoms with van der Waals surface area (Å²) in [5.74, 6) is 0.737. The zero-order valence-electron chi connectivity index (χ0n) is 10.5. The van der Waals surface area contributed by atoms with Crippen molar-refractivity contribution in [2.75, 3.05) is 45.3 Å². The Morgan fingerprint density at radius 2 is 2.18 bits per heavy atom. The van der Waals surface area contributed by atoms with E-state index in [9.17, 15) is 4.79 Å². The molecule has 0 radical (unpaired) electrons. The Kier molecular flexibility index (Phi) is 4.78. The number of anilines is 2. The summed E-state index contributed by atoms with van der Waals surface area (Å²) >= 11 is 0. The van der Waals surface area contributed by atoms with Gasteiger partial charge in [0.25, 0.3) is 0 Å². The highest BCUT2D eigenvalue weighted by Gasteiger charge is 2.05. The Hall–Kier alpha value is -1.75. The van der Waals surface area contributed by atoms with Gasteiger partial charge in [-0.25, -0.2) is 0 Å². The maximum atomic E-state index is 11.5. The molecule has 0 spiro atoms. The molecule has 1 aromatic carbocycles. The smallest absolute Gasteiger partial charge is 0.165 e. The summed E-state index contributed by atoms with van der Waals surface area (Å²) in [5.41, 5.74) is 7.10. The number of nitrogens with zero attached hydrogens (tertiary/aromatic N) is 1. The fraction of sp³-hybridized carbons (Fsp3) is 0.417. The van der Waals surface area contributed by atoms with Crippen LogP contribution in [0.15, 0.2) is 18.2 Å². The van der Waals surface area contributed by atoms with Crippen LogP contribution in [0.3, 0.4) is 0 Å². The van der Waals surface area contributed by atoms with E-state index < -0.39 is 0 Å². The van der Waals surface area contributed by atoms with Gasteiger partial charge in [-0.3, -0.25) is 4.79 Å². The van der Waals surface area contributed by atoms with Crippen molar-refractivity contribution in [3.8, 4) is 5.75 Å². The van der Waals surface area contributed by atoms with E-state index >= 15 is 0 Å². The monoisotopic (exact) mass is 237 g/mol. The number of nitrogens with two attached hydrogens (primary N) is 1. The fourth-order valence-corrected chi connectivity index (χ4v) is 1.43. The molecule has 3 N–H and O–H groups in total. The number of methoxy groups -OCH3 is 1. The third-order valence-corrected chi connectivity index (χ3v) is 2.22. The molecule has 5 heteroatoms. The first kappa shape index (κ1) is 13.3. The second-order valence-corrected chi connectivity index (χ2v) is 4.09. The lowest BCUT2D eigenvalue weighted by atomic mass is 10.2. The van der Waals surface area contributed by atoms with Crippen LogP contribution in [0.2, 0.25) is 0 Å². The van der Waals surface area contributed by atoms with Crippen LogP contribution in [0.1, 0.15) is 0 Å². The van der Waals surface area contributed by atoms with Crippen molar-refractivity contribution >= 4 is 17.2 Å². The molecular weight excluding hydrogens is 218 g/mol. The van der Waals surface area contributed by atoms with Crippen LogP contribution < -0.4 is 15.8 Å². The summed E-state index contributed by atoms with van der Waals surface area (Å²) in [6, 6.07) is 5.34. The summed E-state index contributed by atoms with van der Waals surface area (Å²) in [6.45, 7) is 0.727. The number of nitrogens with one attached hydrogen (secondary N) is 1. The van der Waals surface area contributed by atoms with Crippen LogP contribution in [0, 0.1) is 0 Å². The van der Waals surface area contributed by atoms with E-state index in [1.807, 2.05) is 25.1 Å². The standard InChI is InChI=1S/C12H19N3O2/c1-15(2)8-10(16)7-14-9-4-5-11(13)12(6-9)17-3/h4-6,14H,7-8,13H2,1-3H3. The van der Waals surface area contributed by atoms with Crippen molar-refractivity contribution in [3.05, 3.63) is 18.2 Å². The van der Waals surface area contributed by atoms with Crippen molar-refractivity contribution in [1.82, 2.24) is 4.90 Å². The minimum Gasteiger partial charge on any atom is -0.495 e. The molecule has 0 unspecified atom stereocenters. The number of hydrogen-bond acceptors (Lipinski definition) is 5. The lowest BCUT2D eigenvalue weighted by Gasteiger charge is -2.11. The summed E-state index contributed by atoms with van der Waals surface area (Å²) < 4.78 is 5.10. The molecule has 0 aliphatic carbocycles. The van der Waals surface area contributed by atoms with Gasteiger partial charge >= 0.3 is 0 Å². The molecule has 1 rings (SSSR count). The summed E-state index contributed by atoms with van der Waals surface area (Å²) in [4.78, 5) is 13.3. The van der Waals surface area contributed by atoms with Gasteiger partial charge in [-0.1, -0.05) is 0 Å². The average molecular weight is 237 g/mol. The van der Waals surface area contributed by atoms with Gasteiger partial charge in [-0.15, -0.1) is 0 Å². The minimum atomic E-state index is 0.130. The van der Waals surface area contributed by atoms with E-state index in [0.717, 1.165) is 5.69 Å². The number of ether oxygens (including phenoxy) is 1. The Morgan fingerprint density at radius 3 is 2.76 bits per heavy atom. The molecule has 17 heavy (non-hydrogen) atoms. The van der Waals surface area contributed by atoms with Crippen LogP contribution in [0.4, 0.5) is 11.4 Å². The Bertz CT molecular complexity index is 391. The Balaban J connectivity index is 2.55. The van der Waals surface area contributed by atoms with Gasteiger partial charge in [-0.05, 0) is 26.2 Å². The molecule has 0 saturated heterocycles. The Labute approximate surface area is 102 Å². The largest absolute Gasteiger partial charge is 0.495 e. The molecule has 0 bridgehead atoms. The predicted molar refractivity (Wildman–Crippen MR) is 69.5 cm³/mol. The average Bonchev–Trinajstić information content (AvgIpc) is 2.27. The first-order valence-corrected chi connectivity index (χ1v) is 5.36. The van der Waals surface area contributed by atoms with Crippen molar-refractivity contribution in [2.45, 2.75) is 0 Å². The maximum Gasteiger partial charge on any atom is 0.165 e. The van der Waals surface area contributed by atoms with Gasteiger partial charge < -0.3 is 20.7 Å². The van der Waals surface area contributed by atoms with E-state index in [1.165, 1.54) is 0 Å². The third-order valence-electron chi connectivity index (χ3n) is 2.22. The summed E-state index contributed by atoms with van der Waals surface area (Å²) in [7, 11) is 5.29. The molecule has 0 amide bonds. The van der Waals surface area contributed by atoms with Crippen molar-refractivity contribution in [3.63, 3.8) is 0 Å². The second kappa shape index (κ2) is 6.10. The highest BCUT2D eigenvalue weighted by Crippen LogP contribution is 2.24. The van der Waals surface area contributed by atoms with Gasteiger partial charge in [0.05, 0.1) is 25.9 Å². The molecule has 5 nitrogen and oxygen atoms in total. The highest BCUT2D eigenvalue weighted by atomic mass is 16.5. The number of hydrogen-bond donors (Lipinski definition) is 2. The number of benzene rings is 1. The van der Waals surface area contributed by atoms with E-state index in [0.29, 0.717) is 24.5 Å². The molecule has 0 heterocycles. The van der Waals surface area contributed by atoms with Crippen LogP contribution >= 0.6 is 0 Å². The molecule has 0 atom stereocenters. The fourth-order valence-electron chi connectivity index (χ4n) is 1.43. The number of likely N-dealkylation sites (N-methyl/N-ethyl adjacent to an activating group) is 1. The number of Topliss-reactive ketones (excluding diaryl/α,β-unsaturated/α-hetero) is 1. The van der Waals surface area contributed by atoms with Gasteiger partial charge in [0.2, 0.25) is 0 Å². The Morgan fingerprint density at radius 1 is 1.47 bits per heavy atom. The predicted octanol–water partition coefficient (Wildman–Crippen LogP) is 0.820. The first-order chi connectivity index (χ1) is 8.02. The number of ketones is 1. The van der Waals surface area contributed by atoms with Crippen molar-refractivity contribution in [2.24, 2.45) is 0 Å². The normalized spacial score (nSPS) is 10.4. The topological polar surface area (TPSA) is 67.6 Å². The van der Waals surface area contributed by atoms with E-state index in [4.69, 9.17) is 10.5 Å². The number of rotatable bonds is 6. The molecule has 0 aliphatic heterocycles. The molecule has 0 saturated carbocycles. The zero-order chi connectivity index (χ0) is 12.8. The quantitative estimate of drug-likeness (QED) is 0.717. The summed E-state index contributed by atoms with van der Waals surface area (Å²) in [6.07, 6.45) is 0. The van der Waals surface area contributed by atoms with Gasteiger partial charge in [0.15, 0.2) is 5.78 Å². The van der Waals surface area contributed by atoms with Gasteiger partial charge in [0, 0.05) is 11.8 Å². The summed E-state index contributed by atoms with van der Waals surface area (Å²) in [5, 5.41) is 3.04. The number of carbonyl (C=O) groups is 1. The SMILES string of the molecule is COc1cc(NCC(=O)CN(C)C)ccc1N. The third kappa shape index (κ3) is 4.32. The van der Waals surface area contributed by atoms with E-state index in [1.54, 1.807) is 19.2 Å². The molecule has 0 aromatic heterocycles. The molecule has 1 aromatic rings. The first-order valence-electron chi connectivity index (χ1n) is 5.36. The number of carbonyl (C=O) groups excluding carboxylic acids is 1. The molecular formula is C12H19N3O2. The minimum absolute atomic E-state index is 0.130. The lowest BCUT2D eigenvalue weighted by Crippen LogP contribution is -2.26. The van der Waals surface area contributed by atoms with Gasteiger partial charge in [-0.2, -0.15) is 0 Å². The number of nitrogen functional groups attached to an aromatic ring is 1. The molecule has 94 valence electrons. The second-order valence-electron chi connectivity index (χ2n) is 4.09. The van der Waals surface area contributed by atoms with Crippen molar-refractivity contribution < 1.29 is 9.53 Å². The van der Waals surface area contributed by atoms with Crippen molar-refractivity contribution in [1.29, 1.82) is 0 Å². The lowest BCUT2D eigenvalue weighted by molar-refractivity contribution is -0.118. The highest BCUT2D eigenvalue weighted by molar-refractivity contribution is 5.84. The zero-order valence-corrected chi connectivity index (χ0v) is 10.5. The maximum absolute atomic E-state index is 11.5.